The predicted molar refractivity (Wildman–Crippen MR) is 115 cm³/mol. The monoisotopic (exact) mass is 425 g/mol. The van der Waals surface area contributed by atoms with Crippen LogP contribution in [0.3, 0.4) is 0 Å². The van der Waals surface area contributed by atoms with Gasteiger partial charge in [-0.3, -0.25) is 4.79 Å². The first-order valence-electron chi connectivity index (χ1n) is 8.68. The topological polar surface area (TPSA) is 81.1 Å². The van der Waals surface area contributed by atoms with Crippen LogP contribution in [0.5, 0.6) is 0 Å². The van der Waals surface area contributed by atoms with Crippen LogP contribution in [0.1, 0.15) is 0 Å². The molecule has 1 N–H and O–H groups in total. The Morgan fingerprint density at radius 3 is 2.45 bits per heavy atom. The van der Waals surface area contributed by atoms with E-state index < -0.39 is 9.84 Å². The van der Waals surface area contributed by atoms with Gasteiger partial charge in [0.1, 0.15) is 0 Å². The molecule has 0 amide bonds. The van der Waals surface area contributed by atoms with Crippen LogP contribution < -0.4 is 10.9 Å². The average molecular weight is 426 g/mol. The molecule has 0 aliphatic rings. The Labute approximate surface area is 172 Å². The van der Waals surface area contributed by atoms with E-state index in [2.05, 4.69) is 10.3 Å². The molecule has 3 aromatic carbocycles. The fourth-order valence-corrected chi connectivity index (χ4v) is 3.83. The minimum atomic E-state index is -3.37. The molecule has 0 atom stereocenters. The predicted octanol–water partition coefficient (Wildman–Crippen LogP) is 4.19. The van der Waals surface area contributed by atoms with E-state index in [0.29, 0.717) is 27.3 Å². The number of benzene rings is 3. The van der Waals surface area contributed by atoms with Crippen molar-refractivity contribution in [3.63, 3.8) is 0 Å². The highest BCUT2D eigenvalue weighted by atomic mass is 35.5. The van der Waals surface area contributed by atoms with Crippen LogP contribution in [0, 0.1) is 0 Å². The van der Waals surface area contributed by atoms with Crippen molar-refractivity contribution in [1.82, 2.24) is 9.55 Å². The molecule has 146 valence electrons. The van der Waals surface area contributed by atoms with Gasteiger partial charge in [0.05, 0.1) is 21.5 Å². The Morgan fingerprint density at radius 2 is 1.72 bits per heavy atom. The van der Waals surface area contributed by atoms with E-state index in [9.17, 15) is 13.2 Å². The maximum absolute atomic E-state index is 13.2. The SMILES string of the molecule is CS(=O)(=O)c1cccc(Nc2nc3ccc(Cl)cc3c(=O)n2-c2ccccc2)c1. The quantitative estimate of drug-likeness (QED) is 0.530. The summed E-state index contributed by atoms with van der Waals surface area (Å²) in [5, 5.41) is 3.91. The first kappa shape index (κ1) is 19.2. The average Bonchev–Trinajstić information content (AvgIpc) is 2.69. The highest BCUT2D eigenvalue weighted by Crippen LogP contribution is 2.23. The Hall–Kier alpha value is -3.16. The summed E-state index contributed by atoms with van der Waals surface area (Å²) >= 11 is 6.07. The van der Waals surface area contributed by atoms with E-state index in [1.54, 1.807) is 42.5 Å². The van der Waals surface area contributed by atoms with Gasteiger partial charge in [-0.25, -0.2) is 18.0 Å². The van der Waals surface area contributed by atoms with Gasteiger partial charge in [0.15, 0.2) is 9.84 Å². The molecule has 0 saturated carbocycles. The summed E-state index contributed by atoms with van der Waals surface area (Å²) in [6, 6.07) is 20.3. The lowest BCUT2D eigenvalue weighted by Crippen LogP contribution is -2.22. The highest BCUT2D eigenvalue weighted by Gasteiger charge is 2.14. The van der Waals surface area contributed by atoms with Crippen molar-refractivity contribution in [2.24, 2.45) is 0 Å². The molecule has 0 spiro atoms. The number of fused-ring (bicyclic) bond motifs is 1. The standard InChI is InChI=1S/C21H16ClN3O3S/c1-29(27,28)17-9-5-6-15(13-17)23-21-24-19-11-10-14(22)12-18(19)20(26)25(21)16-7-3-2-4-8-16/h2-13H,1H3,(H,23,24). The summed E-state index contributed by atoms with van der Waals surface area (Å²) in [5.41, 5.74) is 1.31. The number of halogens is 1. The van der Waals surface area contributed by atoms with Crippen LogP contribution >= 0.6 is 11.6 Å². The summed E-state index contributed by atoms with van der Waals surface area (Å²) in [5.74, 6) is 0.265. The van der Waals surface area contributed by atoms with E-state index in [-0.39, 0.29) is 16.4 Å². The third-order valence-corrected chi connectivity index (χ3v) is 5.71. The number of rotatable bonds is 4. The molecule has 0 bridgehead atoms. The van der Waals surface area contributed by atoms with E-state index in [0.717, 1.165) is 6.26 Å². The number of anilines is 2. The third kappa shape index (κ3) is 3.87. The minimum absolute atomic E-state index is 0.170. The molecule has 1 heterocycles. The minimum Gasteiger partial charge on any atom is -0.325 e. The van der Waals surface area contributed by atoms with Gasteiger partial charge >= 0.3 is 0 Å². The fourth-order valence-electron chi connectivity index (χ4n) is 2.99. The summed E-state index contributed by atoms with van der Waals surface area (Å²) < 4.78 is 25.2. The van der Waals surface area contributed by atoms with Gasteiger partial charge in [-0.05, 0) is 48.5 Å². The Kier molecular flexibility index (Phi) is 4.86. The van der Waals surface area contributed by atoms with Gasteiger partial charge in [-0.15, -0.1) is 0 Å². The molecule has 0 aliphatic heterocycles. The summed E-state index contributed by atoms with van der Waals surface area (Å²) in [6.45, 7) is 0. The largest absolute Gasteiger partial charge is 0.325 e. The van der Waals surface area contributed by atoms with Crippen molar-refractivity contribution in [3.8, 4) is 5.69 Å². The number of sulfone groups is 1. The lowest BCUT2D eigenvalue weighted by molar-refractivity contribution is 0.602. The zero-order valence-electron chi connectivity index (χ0n) is 15.3. The number of para-hydroxylation sites is 1. The van der Waals surface area contributed by atoms with E-state index in [1.165, 1.54) is 16.7 Å². The maximum Gasteiger partial charge on any atom is 0.267 e. The van der Waals surface area contributed by atoms with Crippen LogP contribution in [0.4, 0.5) is 11.6 Å². The zero-order chi connectivity index (χ0) is 20.6. The second kappa shape index (κ2) is 7.35. The van der Waals surface area contributed by atoms with E-state index in [1.807, 2.05) is 18.2 Å². The summed E-state index contributed by atoms with van der Waals surface area (Å²) in [4.78, 5) is 18.0. The zero-order valence-corrected chi connectivity index (χ0v) is 16.9. The van der Waals surface area contributed by atoms with Crippen molar-refractivity contribution in [2.45, 2.75) is 4.90 Å². The van der Waals surface area contributed by atoms with Crippen LogP contribution in [0.15, 0.2) is 82.5 Å². The number of hydrogen-bond donors (Lipinski definition) is 1. The fraction of sp³-hybridized carbons (Fsp3) is 0.0476. The van der Waals surface area contributed by atoms with Crippen molar-refractivity contribution in [2.75, 3.05) is 11.6 Å². The Bertz CT molecular complexity index is 1380. The molecule has 0 radical (unpaired) electrons. The van der Waals surface area contributed by atoms with Crippen LogP contribution in [0.2, 0.25) is 5.02 Å². The molecule has 1 aromatic heterocycles. The van der Waals surface area contributed by atoms with Crippen molar-refractivity contribution in [1.29, 1.82) is 0 Å². The van der Waals surface area contributed by atoms with Crippen molar-refractivity contribution < 1.29 is 8.42 Å². The Morgan fingerprint density at radius 1 is 0.966 bits per heavy atom. The molecule has 29 heavy (non-hydrogen) atoms. The van der Waals surface area contributed by atoms with Gasteiger partial charge in [0.25, 0.3) is 5.56 Å². The second-order valence-electron chi connectivity index (χ2n) is 6.50. The molecular formula is C21H16ClN3O3S. The van der Waals surface area contributed by atoms with Crippen molar-refractivity contribution in [3.05, 3.63) is 88.2 Å². The number of aromatic nitrogens is 2. The molecule has 4 rings (SSSR count). The molecule has 0 aliphatic carbocycles. The molecule has 8 heteroatoms. The first-order valence-corrected chi connectivity index (χ1v) is 10.9. The normalized spacial score (nSPS) is 11.5. The lowest BCUT2D eigenvalue weighted by atomic mass is 10.2. The molecular weight excluding hydrogens is 410 g/mol. The van der Waals surface area contributed by atoms with Crippen LogP contribution in [-0.2, 0) is 9.84 Å². The van der Waals surface area contributed by atoms with Gasteiger partial charge < -0.3 is 5.32 Å². The summed E-state index contributed by atoms with van der Waals surface area (Å²) in [7, 11) is -3.37. The number of nitrogens with zero attached hydrogens (tertiary/aromatic N) is 2. The molecule has 0 unspecified atom stereocenters. The lowest BCUT2D eigenvalue weighted by Gasteiger charge is -2.15. The van der Waals surface area contributed by atoms with Gasteiger partial charge in [-0.2, -0.15) is 0 Å². The van der Waals surface area contributed by atoms with Gasteiger partial charge in [0.2, 0.25) is 5.95 Å². The van der Waals surface area contributed by atoms with Crippen LogP contribution in [0.25, 0.3) is 16.6 Å². The van der Waals surface area contributed by atoms with Gasteiger partial charge in [-0.1, -0.05) is 35.9 Å². The number of nitrogens with one attached hydrogen (secondary N) is 1. The van der Waals surface area contributed by atoms with E-state index in [4.69, 9.17) is 11.6 Å². The maximum atomic E-state index is 13.2. The Balaban J connectivity index is 1.94. The van der Waals surface area contributed by atoms with E-state index >= 15 is 0 Å². The number of hydrogen-bond acceptors (Lipinski definition) is 5. The first-order chi connectivity index (χ1) is 13.8. The van der Waals surface area contributed by atoms with Crippen LogP contribution in [-0.4, -0.2) is 24.2 Å². The van der Waals surface area contributed by atoms with Crippen molar-refractivity contribution >= 4 is 44.0 Å². The second-order valence-corrected chi connectivity index (χ2v) is 8.95. The highest BCUT2D eigenvalue weighted by molar-refractivity contribution is 7.90. The molecule has 4 aromatic rings. The van der Waals surface area contributed by atoms with Gasteiger partial charge in [0, 0.05) is 17.0 Å². The third-order valence-electron chi connectivity index (χ3n) is 4.36. The molecule has 0 saturated heterocycles. The summed E-state index contributed by atoms with van der Waals surface area (Å²) in [6.07, 6.45) is 1.14. The smallest absolute Gasteiger partial charge is 0.267 e. The molecule has 0 fully saturated rings. The molecule has 6 nitrogen and oxygen atoms in total.